The van der Waals surface area contributed by atoms with Crippen molar-refractivity contribution < 1.29 is 15.3 Å². The highest BCUT2D eigenvalue weighted by Crippen LogP contribution is 2.23. The molecule has 0 aliphatic heterocycles. The Balaban J connectivity index is 0.000000217. The molecule has 1 fully saturated rings. The molecule has 3 N–H and O–H groups in total. The summed E-state index contributed by atoms with van der Waals surface area (Å²) in [5.74, 6) is -0.727. The second-order valence-electron chi connectivity index (χ2n) is 4.07. The third-order valence-corrected chi connectivity index (χ3v) is 1.67. The van der Waals surface area contributed by atoms with Gasteiger partial charge in [-0.2, -0.15) is 0 Å². The lowest BCUT2D eigenvalue weighted by molar-refractivity contribution is -0.127. The van der Waals surface area contributed by atoms with E-state index in [-0.39, 0.29) is 6.10 Å². The molecule has 0 amide bonds. The monoisotopic (exact) mass is 176 g/mol. The van der Waals surface area contributed by atoms with Crippen LogP contribution in [0.5, 0.6) is 0 Å². The van der Waals surface area contributed by atoms with Crippen LogP contribution in [-0.2, 0) is 0 Å². The van der Waals surface area contributed by atoms with Crippen LogP contribution in [0.2, 0.25) is 0 Å². The van der Waals surface area contributed by atoms with Gasteiger partial charge in [0.1, 0.15) is 0 Å². The first-order chi connectivity index (χ1) is 5.29. The van der Waals surface area contributed by atoms with Crippen molar-refractivity contribution >= 4 is 0 Å². The van der Waals surface area contributed by atoms with E-state index in [0.29, 0.717) is 0 Å². The molecule has 3 heteroatoms. The Kier molecular flexibility index (Phi) is 4.75. The second-order valence-corrected chi connectivity index (χ2v) is 4.07. The fraction of sp³-hybridized carbons (Fsp3) is 1.00. The van der Waals surface area contributed by atoms with Gasteiger partial charge >= 0.3 is 0 Å². The van der Waals surface area contributed by atoms with Gasteiger partial charge in [-0.25, -0.2) is 0 Å². The van der Waals surface area contributed by atoms with Gasteiger partial charge in [-0.15, -0.1) is 0 Å². The minimum atomic E-state index is -1.50. The van der Waals surface area contributed by atoms with E-state index >= 15 is 0 Å². The SMILES string of the molecule is CC(C)(O)O.CC1CCC(O)C1. The van der Waals surface area contributed by atoms with E-state index in [1.165, 1.54) is 20.3 Å². The highest BCUT2D eigenvalue weighted by molar-refractivity contribution is 4.70. The van der Waals surface area contributed by atoms with Gasteiger partial charge in [0.25, 0.3) is 0 Å². The minimum absolute atomic E-state index is 0.0231. The molecule has 2 atom stereocenters. The third-order valence-electron chi connectivity index (χ3n) is 1.67. The summed E-state index contributed by atoms with van der Waals surface area (Å²) in [6.07, 6.45) is 3.30. The van der Waals surface area contributed by atoms with Gasteiger partial charge < -0.3 is 15.3 Å². The number of aliphatic hydroxyl groups excluding tert-OH is 1. The van der Waals surface area contributed by atoms with Crippen LogP contribution in [0, 0.1) is 5.92 Å². The molecule has 0 heterocycles. The van der Waals surface area contributed by atoms with Crippen LogP contribution >= 0.6 is 0 Å². The highest BCUT2D eigenvalue weighted by atomic mass is 16.5. The Morgan fingerprint density at radius 3 is 1.67 bits per heavy atom. The van der Waals surface area contributed by atoms with Gasteiger partial charge in [0.15, 0.2) is 5.79 Å². The number of rotatable bonds is 0. The van der Waals surface area contributed by atoms with Crippen molar-refractivity contribution in [1.82, 2.24) is 0 Å². The highest BCUT2D eigenvalue weighted by Gasteiger charge is 2.17. The number of hydrogen-bond donors (Lipinski definition) is 3. The van der Waals surface area contributed by atoms with Crippen molar-refractivity contribution in [2.75, 3.05) is 0 Å². The fourth-order valence-corrected chi connectivity index (χ4v) is 1.18. The van der Waals surface area contributed by atoms with E-state index in [4.69, 9.17) is 15.3 Å². The van der Waals surface area contributed by atoms with E-state index in [0.717, 1.165) is 18.8 Å². The summed E-state index contributed by atoms with van der Waals surface area (Å²) in [5, 5.41) is 25.1. The Hall–Kier alpha value is -0.120. The predicted molar refractivity (Wildman–Crippen MR) is 47.5 cm³/mol. The largest absolute Gasteiger partial charge is 0.393 e. The van der Waals surface area contributed by atoms with Crippen molar-refractivity contribution in [3.8, 4) is 0 Å². The maximum absolute atomic E-state index is 8.90. The van der Waals surface area contributed by atoms with Gasteiger partial charge in [0, 0.05) is 0 Å². The van der Waals surface area contributed by atoms with Crippen molar-refractivity contribution in [3.05, 3.63) is 0 Å². The topological polar surface area (TPSA) is 60.7 Å². The lowest BCUT2D eigenvalue weighted by Crippen LogP contribution is -2.15. The predicted octanol–water partition coefficient (Wildman–Crippen LogP) is 0.874. The summed E-state index contributed by atoms with van der Waals surface area (Å²) in [5.41, 5.74) is 0. The van der Waals surface area contributed by atoms with Crippen LogP contribution in [0.4, 0.5) is 0 Å². The van der Waals surface area contributed by atoms with Crippen molar-refractivity contribution in [1.29, 1.82) is 0 Å². The zero-order valence-electron chi connectivity index (χ0n) is 8.12. The molecule has 1 aliphatic rings. The first-order valence-electron chi connectivity index (χ1n) is 4.42. The van der Waals surface area contributed by atoms with Crippen molar-refractivity contribution in [3.63, 3.8) is 0 Å². The van der Waals surface area contributed by atoms with Gasteiger partial charge in [0.05, 0.1) is 6.10 Å². The average Bonchev–Trinajstić information content (AvgIpc) is 2.09. The lowest BCUT2D eigenvalue weighted by atomic mass is 10.1. The van der Waals surface area contributed by atoms with E-state index in [1.54, 1.807) is 0 Å². The molecule has 2 unspecified atom stereocenters. The molecule has 0 bridgehead atoms. The molecule has 0 radical (unpaired) electrons. The molecule has 0 aromatic rings. The maximum atomic E-state index is 8.90. The third kappa shape index (κ3) is 9.88. The van der Waals surface area contributed by atoms with Gasteiger partial charge in [-0.3, -0.25) is 0 Å². The molecule has 12 heavy (non-hydrogen) atoms. The maximum Gasteiger partial charge on any atom is 0.156 e. The Labute approximate surface area is 74.0 Å². The van der Waals surface area contributed by atoms with Gasteiger partial charge in [-0.05, 0) is 39.0 Å². The summed E-state index contributed by atoms with van der Waals surface area (Å²) in [7, 11) is 0. The summed E-state index contributed by atoms with van der Waals surface area (Å²) >= 11 is 0. The molecular weight excluding hydrogens is 156 g/mol. The molecule has 74 valence electrons. The molecular formula is C9H20O3. The van der Waals surface area contributed by atoms with E-state index in [2.05, 4.69) is 6.92 Å². The molecule has 0 aromatic heterocycles. The minimum Gasteiger partial charge on any atom is -0.393 e. The molecule has 1 rings (SSSR count). The summed E-state index contributed by atoms with van der Waals surface area (Å²) in [6.45, 7) is 4.79. The first kappa shape index (κ1) is 11.9. The summed E-state index contributed by atoms with van der Waals surface area (Å²) in [6, 6.07) is 0. The smallest absolute Gasteiger partial charge is 0.156 e. The Morgan fingerprint density at radius 2 is 1.58 bits per heavy atom. The molecule has 1 saturated carbocycles. The normalized spacial score (nSPS) is 29.5. The zero-order valence-corrected chi connectivity index (χ0v) is 8.12. The van der Waals surface area contributed by atoms with Crippen LogP contribution < -0.4 is 0 Å². The van der Waals surface area contributed by atoms with Crippen LogP contribution in [0.15, 0.2) is 0 Å². The molecule has 1 aliphatic carbocycles. The summed E-state index contributed by atoms with van der Waals surface area (Å²) in [4.78, 5) is 0. The molecule has 0 spiro atoms. The average molecular weight is 176 g/mol. The summed E-state index contributed by atoms with van der Waals surface area (Å²) < 4.78 is 0. The molecule has 0 saturated heterocycles. The molecule has 3 nitrogen and oxygen atoms in total. The van der Waals surface area contributed by atoms with Gasteiger partial charge in [0.2, 0.25) is 0 Å². The second kappa shape index (κ2) is 4.80. The van der Waals surface area contributed by atoms with Gasteiger partial charge in [-0.1, -0.05) is 6.92 Å². The zero-order chi connectivity index (χ0) is 9.78. The quantitative estimate of drug-likeness (QED) is 0.480. The van der Waals surface area contributed by atoms with Crippen LogP contribution in [0.25, 0.3) is 0 Å². The lowest BCUT2D eigenvalue weighted by Gasteiger charge is -2.03. The Bertz CT molecular complexity index is 103. The number of aliphatic hydroxyl groups is 3. The first-order valence-corrected chi connectivity index (χ1v) is 4.42. The van der Waals surface area contributed by atoms with Crippen LogP contribution in [0.3, 0.4) is 0 Å². The standard InChI is InChI=1S/C6H12O.C3H8O2/c1-5-2-3-6(7)4-5;1-3(2,4)5/h5-7H,2-4H2,1H3;4-5H,1-2H3. The van der Waals surface area contributed by atoms with Crippen molar-refractivity contribution in [2.45, 2.75) is 51.9 Å². The fourth-order valence-electron chi connectivity index (χ4n) is 1.18. The van der Waals surface area contributed by atoms with E-state index in [9.17, 15) is 0 Å². The van der Waals surface area contributed by atoms with Crippen LogP contribution in [0.1, 0.15) is 40.0 Å². The number of hydrogen-bond acceptors (Lipinski definition) is 3. The van der Waals surface area contributed by atoms with Crippen LogP contribution in [-0.4, -0.2) is 27.2 Å². The Morgan fingerprint density at radius 1 is 1.17 bits per heavy atom. The van der Waals surface area contributed by atoms with E-state index in [1.807, 2.05) is 0 Å². The van der Waals surface area contributed by atoms with Crippen molar-refractivity contribution in [2.24, 2.45) is 5.92 Å². The van der Waals surface area contributed by atoms with E-state index < -0.39 is 5.79 Å². The molecule has 0 aromatic carbocycles.